The minimum atomic E-state index is -4.39. The van der Waals surface area contributed by atoms with Crippen LogP contribution in [0.3, 0.4) is 0 Å². The first kappa shape index (κ1) is 19.1. The van der Waals surface area contributed by atoms with Crippen molar-refractivity contribution < 1.29 is 18.0 Å². The van der Waals surface area contributed by atoms with Crippen molar-refractivity contribution >= 4 is 17.7 Å². The normalized spacial score (nSPS) is 15.8. The highest BCUT2D eigenvalue weighted by molar-refractivity contribution is 5.91. The average molecular weight is 382 g/mol. The summed E-state index contributed by atoms with van der Waals surface area (Å²) in [4.78, 5) is 22.2. The van der Waals surface area contributed by atoms with E-state index in [9.17, 15) is 18.0 Å². The Morgan fingerprint density at radius 2 is 2.00 bits per heavy atom. The van der Waals surface area contributed by atoms with Crippen molar-refractivity contribution in [2.24, 2.45) is 5.92 Å². The molecule has 1 aliphatic rings. The van der Waals surface area contributed by atoms with E-state index >= 15 is 0 Å². The van der Waals surface area contributed by atoms with Crippen LogP contribution in [0.1, 0.15) is 31.7 Å². The molecule has 0 aromatic carbocycles. The molecule has 146 valence electrons. The van der Waals surface area contributed by atoms with Gasteiger partial charge >= 0.3 is 6.18 Å². The van der Waals surface area contributed by atoms with Crippen molar-refractivity contribution in [2.75, 3.05) is 23.3 Å². The number of anilines is 2. The summed E-state index contributed by atoms with van der Waals surface area (Å²) in [5.41, 5.74) is -0.768. The minimum Gasteiger partial charge on any atom is -0.357 e. The van der Waals surface area contributed by atoms with Gasteiger partial charge in [0.15, 0.2) is 0 Å². The number of nitrogens with zero attached hydrogens (tertiary/aromatic N) is 5. The molecule has 0 unspecified atom stereocenters. The van der Waals surface area contributed by atoms with E-state index in [0.717, 1.165) is 25.2 Å². The number of alkyl halides is 3. The average Bonchev–Trinajstić information content (AvgIpc) is 3.08. The van der Waals surface area contributed by atoms with Gasteiger partial charge in [-0.1, -0.05) is 6.92 Å². The number of halogens is 3. The van der Waals surface area contributed by atoms with Crippen molar-refractivity contribution in [2.45, 2.75) is 38.9 Å². The fourth-order valence-electron chi connectivity index (χ4n) is 3.01. The molecule has 0 bridgehead atoms. The van der Waals surface area contributed by atoms with Crippen LogP contribution in [0.4, 0.5) is 24.9 Å². The maximum Gasteiger partial charge on any atom is 0.417 e. The third kappa shape index (κ3) is 4.75. The Morgan fingerprint density at radius 3 is 2.59 bits per heavy atom. The van der Waals surface area contributed by atoms with Crippen molar-refractivity contribution in [1.29, 1.82) is 0 Å². The quantitative estimate of drug-likeness (QED) is 0.861. The maximum atomic E-state index is 12.6. The van der Waals surface area contributed by atoms with Gasteiger partial charge in [0, 0.05) is 31.7 Å². The molecule has 0 aliphatic carbocycles. The minimum absolute atomic E-state index is 0.135. The van der Waals surface area contributed by atoms with Gasteiger partial charge in [-0.25, -0.2) is 9.97 Å². The van der Waals surface area contributed by atoms with E-state index in [-0.39, 0.29) is 11.8 Å². The van der Waals surface area contributed by atoms with E-state index in [1.54, 1.807) is 11.0 Å². The number of pyridine rings is 1. The number of amides is 1. The maximum absolute atomic E-state index is 12.6. The number of aryl methyl sites for hydroxylation is 1. The van der Waals surface area contributed by atoms with Crippen molar-refractivity contribution in [1.82, 2.24) is 19.7 Å². The zero-order valence-corrected chi connectivity index (χ0v) is 14.9. The Hall–Kier alpha value is -2.65. The monoisotopic (exact) mass is 382 g/mol. The number of hydrogen-bond acceptors (Lipinski definition) is 5. The largest absolute Gasteiger partial charge is 0.417 e. The van der Waals surface area contributed by atoms with Crippen LogP contribution in [-0.2, 0) is 17.5 Å². The molecule has 0 spiro atoms. The van der Waals surface area contributed by atoms with E-state index in [2.05, 4.69) is 20.4 Å². The summed E-state index contributed by atoms with van der Waals surface area (Å²) in [6, 6.07) is 2.40. The Bertz CT molecular complexity index is 766. The summed E-state index contributed by atoms with van der Waals surface area (Å²) >= 11 is 0. The Balaban J connectivity index is 1.52. The molecule has 0 atom stereocenters. The first-order chi connectivity index (χ1) is 12.9. The van der Waals surface area contributed by atoms with Crippen LogP contribution in [0.5, 0.6) is 0 Å². The number of nitrogens with one attached hydrogen (secondary N) is 1. The van der Waals surface area contributed by atoms with Crippen LogP contribution in [0.15, 0.2) is 24.7 Å². The predicted molar refractivity (Wildman–Crippen MR) is 93.1 cm³/mol. The van der Waals surface area contributed by atoms with Crippen molar-refractivity contribution in [3.63, 3.8) is 0 Å². The zero-order valence-electron chi connectivity index (χ0n) is 14.9. The lowest BCUT2D eigenvalue weighted by molar-refractivity contribution is -0.137. The molecular weight excluding hydrogens is 361 g/mol. The molecule has 2 aromatic rings. The SMILES string of the molecule is CCCn1cnc(NC(=O)C2CCN(c3ccc(C(F)(F)F)cn3)CC2)n1. The fourth-order valence-corrected chi connectivity index (χ4v) is 3.01. The lowest BCUT2D eigenvalue weighted by Crippen LogP contribution is -2.38. The molecule has 3 rings (SSSR count). The van der Waals surface area contributed by atoms with Crippen LogP contribution < -0.4 is 10.2 Å². The highest BCUT2D eigenvalue weighted by Crippen LogP contribution is 2.30. The molecule has 1 amide bonds. The molecule has 7 nitrogen and oxygen atoms in total. The molecule has 27 heavy (non-hydrogen) atoms. The predicted octanol–water partition coefficient (Wildman–Crippen LogP) is 2.96. The van der Waals surface area contributed by atoms with Gasteiger partial charge in [-0.05, 0) is 31.4 Å². The molecule has 2 aromatic heterocycles. The van der Waals surface area contributed by atoms with E-state index in [0.29, 0.717) is 37.7 Å². The molecule has 0 radical (unpaired) electrons. The topological polar surface area (TPSA) is 75.9 Å². The summed E-state index contributed by atoms with van der Waals surface area (Å²) in [5.74, 6) is 0.459. The molecular formula is C17H21F3N6O. The Morgan fingerprint density at radius 1 is 1.26 bits per heavy atom. The zero-order chi connectivity index (χ0) is 19.4. The number of carbonyl (C=O) groups excluding carboxylic acids is 1. The van der Waals surface area contributed by atoms with E-state index in [1.165, 1.54) is 6.07 Å². The van der Waals surface area contributed by atoms with Crippen molar-refractivity contribution in [3.8, 4) is 0 Å². The molecule has 0 saturated carbocycles. The molecule has 3 heterocycles. The standard InChI is InChI=1S/C17H21F3N6O/c1-2-7-26-11-22-16(24-26)23-15(27)12-5-8-25(9-6-12)14-4-3-13(10-21-14)17(18,19)20/h3-4,10-12H,2,5-9H2,1H3,(H,23,24,27). The smallest absolute Gasteiger partial charge is 0.357 e. The third-order valence-corrected chi connectivity index (χ3v) is 4.49. The van der Waals surface area contributed by atoms with Gasteiger partial charge < -0.3 is 4.90 Å². The Kier molecular flexibility index (Phi) is 5.62. The second-order valence-corrected chi connectivity index (χ2v) is 6.48. The highest BCUT2D eigenvalue weighted by Gasteiger charge is 2.31. The molecule has 1 saturated heterocycles. The molecule has 1 fully saturated rings. The number of aromatic nitrogens is 4. The van der Waals surface area contributed by atoms with Crippen LogP contribution in [-0.4, -0.2) is 38.7 Å². The van der Waals surface area contributed by atoms with E-state index < -0.39 is 11.7 Å². The second-order valence-electron chi connectivity index (χ2n) is 6.48. The lowest BCUT2D eigenvalue weighted by atomic mass is 9.96. The summed E-state index contributed by atoms with van der Waals surface area (Å²) in [6.07, 6.45) is 0.126. The van der Waals surface area contributed by atoms with Gasteiger partial charge in [0.1, 0.15) is 12.1 Å². The first-order valence-electron chi connectivity index (χ1n) is 8.85. The van der Waals surface area contributed by atoms with Crippen LogP contribution in [0, 0.1) is 5.92 Å². The van der Waals surface area contributed by atoms with Gasteiger partial charge in [0.05, 0.1) is 5.56 Å². The van der Waals surface area contributed by atoms with Gasteiger partial charge in [0.25, 0.3) is 0 Å². The van der Waals surface area contributed by atoms with Crippen LogP contribution in [0.25, 0.3) is 0 Å². The van der Waals surface area contributed by atoms with E-state index in [4.69, 9.17) is 0 Å². The molecule has 10 heteroatoms. The van der Waals surface area contributed by atoms with Gasteiger partial charge in [-0.15, -0.1) is 5.10 Å². The molecule has 1 aliphatic heterocycles. The number of piperidine rings is 1. The second kappa shape index (κ2) is 7.93. The summed E-state index contributed by atoms with van der Waals surface area (Å²) in [5, 5.41) is 6.91. The van der Waals surface area contributed by atoms with Gasteiger partial charge in [0.2, 0.25) is 11.9 Å². The molecule has 1 N–H and O–H groups in total. The number of carbonyl (C=O) groups is 1. The highest BCUT2D eigenvalue weighted by atomic mass is 19.4. The van der Waals surface area contributed by atoms with Crippen molar-refractivity contribution in [3.05, 3.63) is 30.2 Å². The van der Waals surface area contributed by atoms with Crippen LogP contribution >= 0.6 is 0 Å². The number of hydrogen-bond donors (Lipinski definition) is 1. The van der Waals surface area contributed by atoms with Gasteiger partial charge in [-0.3, -0.25) is 14.8 Å². The summed E-state index contributed by atoms with van der Waals surface area (Å²) in [6.45, 7) is 3.86. The third-order valence-electron chi connectivity index (χ3n) is 4.49. The lowest BCUT2D eigenvalue weighted by Gasteiger charge is -2.32. The van der Waals surface area contributed by atoms with Crippen LogP contribution in [0.2, 0.25) is 0 Å². The number of rotatable bonds is 5. The van der Waals surface area contributed by atoms with Gasteiger partial charge in [-0.2, -0.15) is 13.2 Å². The Labute approximate surface area is 154 Å². The van der Waals surface area contributed by atoms with E-state index in [1.807, 2.05) is 11.8 Å². The summed E-state index contributed by atoms with van der Waals surface area (Å²) < 4.78 is 39.5. The summed E-state index contributed by atoms with van der Waals surface area (Å²) in [7, 11) is 0. The first-order valence-corrected chi connectivity index (χ1v) is 8.85. The fraction of sp³-hybridized carbons (Fsp3) is 0.529.